The number of aromatic amines is 2. The Morgan fingerprint density at radius 1 is 0.824 bits per heavy atom. The molecule has 34 heavy (non-hydrogen) atoms. The smallest absolute Gasteiger partial charge is 0.141 e. The molecule has 7 nitrogen and oxygen atoms in total. The normalized spacial score (nSPS) is 14.9. The lowest BCUT2D eigenvalue weighted by Crippen LogP contribution is -2.44. The maximum absolute atomic E-state index is 14.5. The molecule has 0 aliphatic carbocycles. The lowest BCUT2D eigenvalue weighted by Gasteiger charge is -2.34. The van der Waals surface area contributed by atoms with Crippen LogP contribution in [0.25, 0.3) is 44.8 Å². The zero-order chi connectivity index (χ0) is 23.2. The van der Waals surface area contributed by atoms with Gasteiger partial charge in [0.15, 0.2) is 0 Å². The summed E-state index contributed by atoms with van der Waals surface area (Å²) < 4.78 is 19.6. The first-order chi connectivity index (χ1) is 16.6. The highest BCUT2D eigenvalue weighted by molar-refractivity contribution is 5.87. The van der Waals surface area contributed by atoms with Crippen LogP contribution >= 0.6 is 0 Å². The zero-order valence-electron chi connectivity index (χ0n) is 19.1. The molecule has 1 aliphatic rings. The number of ether oxygens (including phenoxy) is 1. The fraction of sp³-hybridized carbons (Fsp3) is 0.231. The average Bonchev–Trinajstić information content (AvgIpc) is 3.47. The first-order valence-corrected chi connectivity index (χ1v) is 11.3. The van der Waals surface area contributed by atoms with Crippen molar-refractivity contribution in [3.8, 4) is 28.5 Å². The fourth-order valence-electron chi connectivity index (χ4n) is 4.49. The molecule has 0 bridgehead atoms. The molecule has 0 saturated carbocycles. The van der Waals surface area contributed by atoms with E-state index < -0.39 is 0 Å². The van der Waals surface area contributed by atoms with Gasteiger partial charge in [-0.1, -0.05) is 0 Å². The Labute approximate surface area is 196 Å². The van der Waals surface area contributed by atoms with Gasteiger partial charge in [-0.15, -0.1) is 0 Å². The van der Waals surface area contributed by atoms with Gasteiger partial charge in [-0.3, -0.25) is 0 Å². The summed E-state index contributed by atoms with van der Waals surface area (Å²) >= 11 is 0. The Bertz CT molecular complexity index is 1500. The van der Waals surface area contributed by atoms with Crippen molar-refractivity contribution >= 4 is 27.8 Å². The number of imidazole rings is 2. The molecular weight excluding hydrogens is 431 g/mol. The number of rotatable bonds is 4. The summed E-state index contributed by atoms with van der Waals surface area (Å²) in [4.78, 5) is 20.8. The van der Waals surface area contributed by atoms with Crippen LogP contribution in [0.2, 0.25) is 0 Å². The number of benzene rings is 3. The van der Waals surface area contributed by atoms with E-state index in [1.807, 2.05) is 18.2 Å². The van der Waals surface area contributed by atoms with E-state index in [-0.39, 0.29) is 5.82 Å². The van der Waals surface area contributed by atoms with Gasteiger partial charge in [0.25, 0.3) is 0 Å². The van der Waals surface area contributed by atoms with Crippen molar-refractivity contribution in [2.24, 2.45) is 0 Å². The summed E-state index contributed by atoms with van der Waals surface area (Å²) in [6.07, 6.45) is 0. The van der Waals surface area contributed by atoms with Gasteiger partial charge in [0, 0.05) is 43.5 Å². The number of anilines is 1. The number of halogens is 1. The predicted octanol–water partition coefficient (Wildman–Crippen LogP) is 4.67. The van der Waals surface area contributed by atoms with Gasteiger partial charge in [0.1, 0.15) is 23.2 Å². The van der Waals surface area contributed by atoms with Crippen LogP contribution in [-0.4, -0.2) is 65.2 Å². The first kappa shape index (κ1) is 20.7. The van der Waals surface area contributed by atoms with Gasteiger partial charge >= 0.3 is 0 Å². The highest BCUT2D eigenvalue weighted by atomic mass is 19.1. The van der Waals surface area contributed by atoms with Crippen LogP contribution < -0.4 is 9.64 Å². The second-order valence-corrected chi connectivity index (χ2v) is 8.74. The summed E-state index contributed by atoms with van der Waals surface area (Å²) in [6.45, 7) is 4.19. The predicted molar refractivity (Wildman–Crippen MR) is 133 cm³/mol. The van der Waals surface area contributed by atoms with Gasteiger partial charge in [0.05, 0.1) is 34.7 Å². The van der Waals surface area contributed by atoms with Crippen LogP contribution in [-0.2, 0) is 0 Å². The molecule has 0 atom stereocenters. The molecule has 2 N–H and O–H groups in total. The number of hydrogen-bond acceptors (Lipinski definition) is 5. The molecule has 0 unspecified atom stereocenters. The van der Waals surface area contributed by atoms with Crippen LogP contribution in [0, 0.1) is 5.82 Å². The van der Waals surface area contributed by atoms with Gasteiger partial charge < -0.3 is 24.5 Å². The van der Waals surface area contributed by atoms with Crippen molar-refractivity contribution in [1.82, 2.24) is 24.8 Å². The van der Waals surface area contributed by atoms with Crippen molar-refractivity contribution < 1.29 is 9.13 Å². The molecule has 0 spiro atoms. The van der Waals surface area contributed by atoms with Crippen molar-refractivity contribution in [1.29, 1.82) is 0 Å². The molecule has 1 fully saturated rings. The maximum atomic E-state index is 14.5. The lowest BCUT2D eigenvalue weighted by atomic mass is 10.2. The quantitative estimate of drug-likeness (QED) is 0.411. The standard InChI is InChI=1S/C26H25FN6O/c1-32-9-11-33(12-10-32)17-4-8-22-24(14-17)30-25(28-22)16-3-7-21-23(13-16)31-26(29-21)19-6-5-18(34-2)15-20(19)27/h3-8,13-15H,9-12H2,1-2H3,(H,28,30)(H,29,31). The average molecular weight is 457 g/mol. The Morgan fingerprint density at radius 3 is 2.29 bits per heavy atom. The molecule has 1 aliphatic heterocycles. The van der Waals surface area contributed by atoms with Crippen LogP contribution in [0.15, 0.2) is 54.6 Å². The maximum Gasteiger partial charge on any atom is 0.141 e. The molecule has 1 saturated heterocycles. The van der Waals surface area contributed by atoms with E-state index in [9.17, 15) is 4.39 Å². The largest absolute Gasteiger partial charge is 0.497 e. The molecule has 6 rings (SSSR count). The number of fused-ring (bicyclic) bond motifs is 2. The Morgan fingerprint density at radius 2 is 1.53 bits per heavy atom. The Hall–Kier alpha value is -3.91. The highest BCUT2D eigenvalue weighted by Gasteiger charge is 2.16. The minimum absolute atomic E-state index is 0.382. The van der Waals surface area contributed by atoms with Gasteiger partial charge in [-0.05, 0) is 55.6 Å². The first-order valence-electron chi connectivity index (χ1n) is 11.3. The third-order valence-electron chi connectivity index (χ3n) is 6.52. The molecule has 5 aromatic rings. The summed E-state index contributed by atoms with van der Waals surface area (Å²) in [6, 6.07) is 17.0. The number of hydrogen-bond donors (Lipinski definition) is 2. The molecule has 0 amide bonds. The van der Waals surface area contributed by atoms with E-state index in [0.717, 1.165) is 59.6 Å². The summed E-state index contributed by atoms with van der Waals surface area (Å²) in [7, 11) is 3.68. The second-order valence-electron chi connectivity index (χ2n) is 8.74. The Kier molecular flexibility index (Phi) is 4.95. The van der Waals surface area contributed by atoms with Crippen molar-refractivity contribution in [3.63, 3.8) is 0 Å². The zero-order valence-corrected chi connectivity index (χ0v) is 19.1. The lowest BCUT2D eigenvalue weighted by molar-refractivity contribution is 0.313. The minimum atomic E-state index is -0.382. The summed E-state index contributed by atoms with van der Waals surface area (Å²) in [5.74, 6) is 1.36. The number of likely N-dealkylation sites (N-methyl/N-ethyl adjacent to an activating group) is 1. The number of methoxy groups -OCH3 is 1. The van der Waals surface area contributed by atoms with E-state index in [1.165, 1.54) is 18.9 Å². The number of piperazine rings is 1. The minimum Gasteiger partial charge on any atom is -0.497 e. The second kappa shape index (κ2) is 8.14. The summed E-state index contributed by atoms with van der Waals surface area (Å²) in [5, 5.41) is 0. The molecule has 0 radical (unpaired) electrons. The topological polar surface area (TPSA) is 73.1 Å². The van der Waals surface area contributed by atoms with E-state index in [1.54, 1.807) is 12.1 Å². The molecule has 3 heterocycles. The molecule has 172 valence electrons. The van der Waals surface area contributed by atoms with Crippen molar-refractivity contribution in [2.75, 3.05) is 45.2 Å². The third kappa shape index (κ3) is 3.66. The number of nitrogens with zero attached hydrogens (tertiary/aromatic N) is 4. The number of nitrogens with one attached hydrogen (secondary N) is 2. The van der Waals surface area contributed by atoms with E-state index in [0.29, 0.717) is 17.1 Å². The molecule has 2 aromatic heterocycles. The van der Waals surface area contributed by atoms with E-state index in [4.69, 9.17) is 9.72 Å². The molecule has 8 heteroatoms. The van der Waals surface area contributed by atoms with Crippen LogP contribution in [0.1, 0.15) is 0 Å². The third-order valence-corrected chi connectivity index (χ3v) is 6.52. The Balaban J connectivity index is 1.32. The van der Waals surface area contributed by atoms with Crippen molar-refractivity contribution in [3.05, 3.63) is 60.4 Å². The molecule has 3 aromatic carbocycles. The van der Waals surface area contributed by atoms with Gasteiger partial charge in [-0.2, -0.15) is 0 Å². The molecular formula is C26H25FN6O. The van der Waals surface area contributed by atoms with E-state index in [2.05, 4.69) is 50.0 Å². The van der Waals surface area contributed by atoms with Crippen LogP contribution in [0.4, 0.5) is 10.1 Å². The van der Waals surface area contributed by atoms with Gasteiger partial charge in [0.2, 0.25) is 0 Å². The number of aromatic nitrogens is 4. The highest BCUT2D eigenvalue weighted by Crippen LogP contribution is 2.29. The van der Waals surface area contributed by atoms with Crippen LogP contribution in [0.3, 0.4) is 0 Å². The van der Waals surface area contributed by atoms with Crippen LogP contribution in [0.5, 0.6) is 5.75 Å². The van der Waals surface area contributed by atoms with Gasteiger partial charge in [-0.25, -0.2) is 14.4 Å². The van der Waals surface area contributed by atoms with Crippen molar-refractivity contribution in [2.45, 2.75) is 0 Å². The number of H-pyrrole nitrogens is 2. The SMILES string of the molecule is COc1ccc(-c2nc3ccc(-c4nc5ccc(N6CCN(C)CC6)cc5[nH]4)cc3[nH]2)c(F)c1. The summed E-state index contributed by atoms with van der Waals surface area (Å²) in [5.41, 5.74) is 6.08. The van der Waals surface area contributed by atoms with E-state index >= 15 is 0 Å². The fourth-order valence-corrected chi connectivity index (χ4v) is 4.49. The monoisotopic (exact) mass is 456 g/mol.